The summed E-state index contributed by atoms with van der Waals surface area (Å²) in [5.74, 6) is -2.09. The summed E-state index contributed by atoms with van der Waals surface area (Å²) in [6.07, 6.45) is -1.19. The Bertz CT molecular complexity index is 1120. The number of amides is 1. The fraction of sp³-hybridized carbons (Fsp3) is 0.190. The number of anilines is 1. The summed E-state index contributed by atoms with van der Waals surface area (Å²) in [5.41, 5.74) is 0.861. The first kappa shape index (κ1) is 20.1. The molecule has 1 aromatic heterocycles. The van der Waals surface area contributed by atoms with Crippen LogP contribution in [0.4, 0.5) is 10.1 Å². The minimum atomic E-state index is -1.19. The molecule has 1 amide bonds. The Morgan fingerprint density at radius 3 is 2.45 bits per heavy atom. The third kappa shape index (κ3) is 4.11. The second-order valence-corrected chi connectivity index (χ2v) is 6.48. The number of benzene rings is 2. The molecule has 0 radical (unpaired) electrons. The van der Waals surface area contributed by atoms with Crippen LogP contribution >= 0.6 is 0 Å². The van der Waals surface area contributed by atoms with Gasteiger partial charge in [-0.2, -0.15) is 0 Å². The van der Waals surface area contributed by atoms with Crippen molar-refractivity contribution in [1.29, 1.82) is 0 Å². The van der Waals surface area contributed by atoms with Gasteiger partial charge < -0.3 is 10.1 Å². The zero-order valence-electron chi connectivity index (χ0n) is 16.2. The highest BCUT2D eigenvalue weighted by atomic mass is 19.1. The smallest absolute Gasteiger partial charge is 0.339 e. The molecule has 0 aliphatic rings. The number of ether oxygens (including phenoxy) is 1. The maximum absolute atomic E-state index is 13.3. The lowest BCUT2D eigenvalue weighted by atomic mass is 10.2. The number of carbonyl (C=O) groups excluding carboxylic acids is 2. The van der Waals surface area contributed by atoms with E-state index in [2.05, 4.69) is 5.32 Å². The van der Waals surface area contributed by atoms with E-state index >= 15 is 0 Å². The Balaban J connectivity index is 1.79. The predicted molar refractivity (Wildman–Crippen MR) is 106 cm³/mol. The number of para-hydroxylation sites is 1. The zero-order valence-corrected chi connectivity index (χ0v) is 16.2. The van der Waals surface area contributed by atoms with Crippen LogP contribution in [0.2, 0.25) is 0 Å². The number of rotatable bonds is 5. The number of halogens is 1. The molecule has 7 nitrogen and oxygen atoms in total. The van der Waals surface area contributed by atoms with Crippen LogP contribution in [-0.4, -0.2) is 27.3 Å². The Morgan fingerprint density at radius 1 is 1.10 bits per heavy atom. The highest BCUT2D eigenvalue weighted by molar-refractivity contribution is 5.97. The fourth-order valence-electron chi connectivity index (χ4n) is 2.83. The first-order chi connectivity index (χ1) is 13.8. The predicted octanol–water partition coefficient (Wildman–Crippen LogP) is 2.81. The Kier molecular flexibility index (Phi) is 5.63. The summed E-state index contributed by atoms with van der Waals surface area (Å²) in [6, 6.07) is 14.0. The maximum Gasteiger partial charge on any atom is 0.339 e. The second-order valence-electron chi connectivity index (χ2n) is 6.48. The Labute approximate surface area is 166 Å². The standard InChI is InChI=1S/C21H20FN3O4/c1-13-18(20(27)25(24(13)3)17-10-5-4-6-11-17)23-19(26)14(2)29-21(28)15-8-7-9-16(22)12-15/h4-12,14H,1-3H3,(H,23,26)/t14-/m1/s1. The van der Waals surface area contributed by atoms with Gasteiger partial charge in [-0.3, -0.25) is 14.3 Å². The van der Waals surface area contributed by atoms with Gasteiger partial charge in [-0.25, -0.2) is 13.9 Å². The molecule has 0 spiro atoms. The average Bonchev–Trinajstić information content (AvgIpc) is 2.91. The molecule has 3 aromatic rings. The van der Waals surface area contributed by atoms with E-state index in [-0.39, 0.29) is 11.3 Å². The Hall–Kier alpha value is -3.68. The SMILES string of the molecule is Cc1c(NC(=O)[C@@H](C)OC(=O)c2cccc(F)c2)c(=O)n(-c2ccccc2)n1C. The van der Waals surface area contributed by atoms with Crippen molar-refractivity contribution in [3.8, 4) is 5.69 Å². The van der Waals surface area contributed by atoms with Crippen LogP contribution in [0.25, 0.3) is 5.69 Å². The van der Waals surface area contributed by atoms with Crippen molar-refractivity contribution >= 4 is 17.6 Å². The minimum absolute atomic E-state index is 0.00743. The summed E-state index contributed by atoms with van der Waals surface area (Å²) in [4.78, 5) is 37.4. The van der Waals surface area contributed by atoms with E-state index < -0.39 is 29.4 Å². The normalized spacial score (nSPS) is 11.7. The van der Waals surface area contributed by atoms with Crippen LogP contribution in [0.1, 0.15) is 23.0 Å². The van der Waals surface area contributed by atoms with E-state index in [0.717, 1.165) is 6.07 Å². The lowest BCUT2D eigenvalue weighted by Crippen LogP contribution is -2.32. The molecule has 8 heteroatoms. The fourth-order valence-corrected chi connectivity index (χ4v) is 2.83. The quantitative estimate of drug-likeness (QED) is 0.671. The molecule has 0 bridgehead atoms. The van der Waals surface area contributed by atoms with Gasteiger partial charge in [-0.1, -0.05) is 24.3 Å². The van der Waals surface area contributed by atoms with Crippen LogP contribution in [0.15, 0.2) is 59.4 Å². The van der Waals surface area contributed by atoms with Gasteiger partial charge in [0.2, 0.25) is 0 Å². The third-order valence-electron chi connectivity index (χ3n) is 4.52. The molecular formula is C21H20FN3O4. The van der Waals surface area contributed by atoms with Gasteiger partial charge in [0.1, 0.15) is 11.5 Å². The van der Waals surface area contributed by atoms with Crippen LogP contribution in [0.3, 0.4) is 0 Å². The van der Waals surface area contributed by atoms with E-state index in [0.29, 0.717) is 11.4 Å². The number of nitrogens with one attached hydrogen (secondary N) is 1. The van der Waals surface area contributed by atoms with Gasteiger partial charge in [0.25, 0.3) is 11.5 Å². The monoisotopic (exact) mass is 397 g/mol. The van der Waals surface area contributed by atoms with Crippen molar-refractivity contribution in [2.45, 2.75) is 20.0 Å². The number of aromatic nitrogens is 2. The van der Waals surface area contributed by atoms with Gasteiger partial charge in [0.05, 0.1) is 16.9 Å². The molecule has 3 rings (SSSR count). The summed E-state index contributed by atoms with van der Waals surface area (Å²) in [7, 11) is 1.70. The lowest BCUT2D eigenvalue weighted by molar-refractivity contribution is -0.123. The van der Waals surface area contributed by atoms with E-state index in [1.165, 1.54) is 29.8 Å². The molecule has 150 valence electrons. The molecule has 0 aliphatic carbocycles. The van der Waals surface area contributed by atoms with Crippen molar-refractivity contribution in [2.24, 2.45) is 7.05 Å². The summed E-state index contributed by atoms with van der Waals surface area (Å²) >= 11 is 0. The lowest BCUT2D eigenvalue weighted by Gasteiger charge is -2.13. The average molecular weight is 397 g/mol. The van der Waals surface area contributed by atoms with E-state index in [4.69, 9.17) is 4.74 Å². The molecule has 0 fully saturated rings. The molecule has 1 N–H and O–H groups in total. The molecule has 2 aromatic carbocycles. The number of carbonyl (C=O) groups is 2. The molecule has 0 saturated carbocycles. The van der Waals surface area contributed by atoms with Crippen molar-refractivity contribution in [3.63, 3.8) is 0 Å². The highest BCUT2D eigenvalue weighted by Crippen LogP contribution is 2.15. The summed E-state index contributed by atoms with van der Waals surface area (Å²) in [6.45, 7) is 3.07. The van der Waals surface area contributed by atoms with Crippen LogP contribution in [0, 0.1) is 12.7 Å². The van der Waals surface area contributed by atoms with E-state index in [1.807, 2.05) is 6.07 Å². The Morgan fingerprint density at radius 2 is 1.79 bits per heavy atom. The summed E-state index contributed by atoms with van der Waals surface area (Å²) in [5, 5.41) is 2.53. The number of hydrogen-bond acceptors (Lipinski definition) is 4. The minimum Gasteiger partial charge on any atom is -0.449 e. The molecule has 1 atom stereocenters. The number of esters is 1. The van der Waals surface area contributed by atoms with Crippen molar-refractivity contribution in [3.05, 3.63) is 82.0 Å². The molecule has 0 unspecified atom stereocenters. The first-order valence-electron chi connectivity index (χ1n) is 8.91. The van der Waals surface area contributed by atoms with Crippen molar-refractivity contribution in [1.82, 2.24) is 9.36 Å². The van der Waals surface area contributed by atoms with Crippen molar-refractivity contribution < 1.29 is 18.7 Å². The van der Waals surface area contributed by atoms with E-state index in [1.54, 1.807) is 42.9 Å². The van der Waals surface area contributed by atoms with Crippen LogP contribution < -0.4 is 10.9 Å². The van der Waals surface area contributed by atoms with Crippen molar-refractivity contribution in [2.75, 3.05) is 5.32 Å². The maximum atomic E-state index is 13.3. The highest BCUT2D eigenvalue weighted by Gasteiger charge is 2.23. The van der Waals surface area contributed by atoms with Gasteiger partial charge in [0, 0.05) is 7.05 Å². The third-order valence-corrected chi connectivity index (χ3v) is 4.52. The second kappa shape index (κ2) is 8.14. The van der Waals surface area contributed by atoms with Gasteiger partial charge in [-0.15, -0.1) is 0 Å². The topological polar surface area (TPSA) is 82.3 Å². The zero-order chi connectivity index (χ0) is 21.1. The van der Waals surface area contributed by atoms with Gasteiger partial charge in [-0.05, 0) is 44.2 Å². The van der Waals surface area contributed by atoms with E-state index in [9.17, 15) is 18.8 Å². The largest absolute Gasteiger partial charge is 0.449 e. The molecular weight excluding hydrogens is 377 g/mol. The van der Waals surface area contributed by atoms with Crippen LogP contribution in [0.5, 0.6) is 0 Å². The molecule has 1 heterocycles. The molecule has 0 aliphatic heterocycles. The van der Waals surface area contributed by atoms with Gasteiger partial charge >= 0.3 is 5.97 Å². The molecule has 0 saturated heterocycles. The molecule has 29 heavy (non-hydrogen) atoms. The summed E-state index contributed by atoms with van der Waals surface area (Å²) < 4.78 is 21.4. The first-order valence-corrected chi connectivity index (χ1v) is 8.91. The van der Waals surface area contributed by atoms with Crippen LogP contribution in [-0.2, 0) is 16.6 Å². The number of nitrogens with zero attached hydrogens (tertiary/aromatic N) is 2. The van der Waals surface area contributed by atoms with Gasteiger partial charge in [0.15, 0.2) is 6.10 Å². The number of hydrogen-bond donors (Lipinski definition) is 1.